The molecule has 5 nitrogen and oxygen atoms in total. The van der Waals surface area contributed by atoms with Gasteiger partial charge in [0.2, 0.25) is 0 Å². The van der Waals surface area contributed by atoms with E-state index in [1.165, 1.54) is 6.92 Å². The van der Waals surface area contributed by atoms with E-state index in [-0.39, 0.29) is 17.9 Å². The van der Waals surface area contributed by atoms with E-state index < -0.39 is 30.0 Å². The third-order valence-electron chi connectivity index (χ3n) is 2.72. The van der Waals surface area contributed by atoms with Crippen molar-refractivity contribution < 1.29 is 36.6 Å². The predicted octanol–water partition coefficient (Wildman–Crippen LogP) is 2.21. The average molecular weight is 309 g/mol. The third kappa shape index (κ3) is 2.87. The van der Waals surface area contributed by atoms with Crippen LogP contribution in [0.15, 0.2) is 18.2 Å². The molecule has 0 spiro atoms. The monoisotopic (exact) mass is 309 g/mol. The van der Waals surface area contributed by atoms with Gasteiger partial charge in [0, 0.05) is 0 Å². The lowest BCUT2D eigenvalue weighted by Crippen LogP contribution is -2.41. The number of carbonyl (C=O) groups is 1. The maximum Gasteiger partial charge on any atom is 0.586 e. The number of rotatable bonds is 4. The molecule has 9 heteroatoms. The van der Waals surface area contributed by atoms with Gasteiger partial charge in [0.1, 0.15) is 6.04 Å². The molecule has 1 heterocycles. The van der Waals surface area contributed by atoms with Crippen LogP contribution in [0.25, 0.3) is 0 Å². The smallest absolute Gasteiger partial charge is 0.462 e. The first-order chi connectivity index (χ1) is 9.67. The molecule has 0 amide bonds. The summed E-state index contributed by atoms with van der Waals surface area (Å²) in [5.41, 5.74) is 5.06. The van der Waals surface area contributed by atoms with Crippen LogP contribution in [0.2, 0.25) is 0 Å². The lowest BCUT2D eigenvalue weighted by atomic mass is 10.0. The molecule has 21 heavy (non-hydrogen) atoms. The molecule has 0 bridgehead atoms. The number of nitrogens with two attached hydrogens (primary N) is 1. The van der Waals surface area contributed by atoms with E-state index >= 15 is 0 Å². The standard InChI is InChI=1S/C12H11F4NO4/c1-2-19-10(18)11(13,14)9(17)6-3-4-7-8(5-6)21-12(15,16)20-7/h3-5,9H,2,17H2,1H3/t9-/m1/s1. The van der Waals surface area contributed by atoms with Crippen molar-refractivity contribution in [3.63, 3.8) is 0 Å². The first-order valence-corrected chi connectivity index (χ1v) is 5.88. The highest BCUT2D eigenvalue weighted by Gasteiger charge is 2.49. The van der Waals surface area contributed by atoms with Gasteiger partial charge in [0.25, 0.3) is 0 Å². The second-order valence-corrected chi connectivity index (χ2v) is 4.19. The molecule has 1 atom stereocenters. The molecule has 0 saturated heterocycles. The fourth-order valence-corrected chi connectivity index (χ4v) is 1.72. The molecule has 2 N–H and O–H groups in total. The van der Waals surface area contributed by atoms with Gasteiger partial charge in [-0.25, -0.2) is 4.79 Å². The topological polar surface area (TPSA) is 70.8 Å². The van der Waals surface area contributed by atoms with Crippen LogP contribution in [0.5, 0.6) is 11.5 Å². The van der Waals surface area contributed by atoms with Crippen LogP contribution >= 0.6 is 0 Å². The molecule has 116 valence electrons. The van der Waals surface area contributed by atoms with Crippen LogP contribution in [0.4, 0.5) is 17.6 Å². The van der Waals surface area contributed by atoms with Crippen LogP contribution in [-0.2, 0) is 9.53 Å². The number of halogens is 4. The Labute approximate surface area is 116 Å². The van der Waals surface area contributed by atoms with Gasteiger partial charge in [-0.1, -0.05) is 6.07 Å². The van der Waals surface area contributed by atoms with E-state index in [1.54, 1.807) is 0 Å². The zero-order chi connectivity index (χ0) is 15.8. The number of benzene rings is 1. The van der Waals surface area contributed by atoms with Crippen LogP contribution in [0, 0.1) is 0 Å². The van der Waals surface area contributed by atoms with Crippen molar-refractivity contribution in [1.29, 1.82) is 0 Å². The van der Waals surface area contributed by atoms with Gasteiger partial charge in [-0.15, -0.1) is 8.78 Å². The number of carbonyl (C=O) groups excluding carboxylic acids is 1. The van der Waals surface area contributed by atoms with Crippen LogP contribution < -0.4 is 15.2 Å². The summed E-state index contributed by atoms with van der Waals surface area (Å²) in [5, 5.41) is 0. The molecular weight excluding hydrogens is 298 g/mol. The van der Waals surface area contributed by atoms with Gasteiger partial charge in [-0.3, -0.25) is 0 Å². The summed E-state index contributed by atoms with van der Waals surface area (Å²) >= 11 is 0. The van der Waals surface area contributed by atoms with Crippen molar-refractivity contribution in [2.75, 3.05) is 6.61 Å². The molecule has 0 aromatic heterocycles. The number of hydrogen-bond acceptors (Lipinski definition) is 5. The molecule has 1 aromatic carbocycles. The van der Waals surface area contributed by atoms with Gasteiger partial charge in [-0.05, 0) is 24.6 Å². The molecule has 0 unspecified atom stereocenters. The Kier molecular flexibility index (Phi) is 3.70. The Bertz CT molecular complexity index is 564. The van der Waals surface area contributed by atoms with Gasteiger partial charge in [0.05, 0.1) is 6.61 Å². The minimum absolute atomic E-state index is 0.242. The number of hydrogen-bond donors (Lipinski definition) is 1. The van der Waals surface area contributed by atoms with Crippen molar-refractivity contribution in [3.05, 3.63) is 23.8 Å². The van der Waals surface area contributed by atoms with Crippen LogP contribution in [0.1, 0.15) is 18.5 Å². The third-order valence-corrected chi connectivity index (χ3v) is 2.72. The molecule has 0 fully saturated rings. The van der Waals surface area contributed by atoms with Gasteiger partial charge in [-0.2, -0.15) is 8.78 Å². The lowest BCUT2D eigenvalue weighted by molar-refractivity contribution is -0.286. The second kappa shape index (κ2) is 5.06. The molecule has 1 aliphatic rings. The van der Waals surface area contributed by atoms with E-state index in [4.69, 9.17) is 5.73 Å². The Morgan fingerprint density at radius 2 is 2.00 bits per heavy atom. The highest BCUT2D eigenvalue weighted by atomic mass is 19.3. The van der Waals surface area contributed by atoms with Crippen molar-refractivity contribution in [2.45, 2.75) is 25.2 Å². The largest absolute Gasteiger partial charge is 0.586 e. The zero-order valence-corrected chi connectivity index (χ0v) is 10.7. The van der Waals surface area contributed by atoms with E-state index in [1.807, 2.05) is 0 Å². The Morgan fingerprint density at radius 3 is 2.62 bits per heavy atom. The fourth-order valence-electron chi connectivity index (χ4n) is 1.72. The zero-order valence-electron chi connectivity index (χ0n) is 10.7. The SMILES string of the molecule is CCOC(=O)C(F)(F)[C@H](N)c1ccc2c(c1)OC(F)(F)O2. The summed E-state index contributed by atoms with van der Waals surface area (Å²) < 4.78 is 65.7. The first-order valence-electron chi connectivity index (χ1n) is 5.88. The van der Waals surface area contributed by atoms with E-state index in [9.17, 15) is 22.4 Å². The number of ether oxygens (including phenoxy) is 3. The van der Waals surface area contributed by atoms with E-state index in [2.05, 4.69) is 14.2 Å². The summed E-state index contributed by atoms with van der Waals surface area (Å²) in [6, 6.07) is 0.849. The summed E-state index contributed by atoms with van der Waals surface area (Å²) in [7, 11) is 0. The average Bonchev–Trinajstić information content (AvgIpc) is 2.70. The Morgan fingerprint density at radius 1 is 1.38 bits per heavy atom. The van der Waals surface area contributed by atoms with Crippen molar-refractivity contribution in [2.24, 2.45) is 5.73 Å². The second-order valence-electron chi connectivity index (χ2n) is 4.19. The Hall–Kier alpha value is -2.03. The number of fused-ring (bicyclic) bond motifs is 1. The highest BCUT2D eigenvalue weighted by Crippen LogP contribution is 2.43. The fraction of sp³-hybridized carbons (Fsp3) is 0.417. The minimum Gasteiger partial charge on any atom is -0.462 e. The number of alkyl halides is 4. The van der Waals surface area contributed by atoms with Crippen LogP contribution in [0.3, 0.4) is 0 Å². The van der Waals surface area contributed by atoms with E-state index in [0.29, 0.717) is 0 Å². The highest BCUT2D eigenvalue weighted by molar-refractivity contribution is 5.79. The van der Waals surface area contributed by atoms with Crippen molar-refractivity contribution in [3.8, 4) is 11.5 Å². The van der Waals surface area contributed by atoms with Gasteiger partial charge >= 0.3 is 18.2 Å². The summed E-state index contributed by atoms with van der Waals surface area (Å²) in [5.74, 6) is -6.55. The van der Waals surface area contributed by atoms with Crippen LogP contribution in [-0.4, -0.2) is 24.8 Å². The quantitative estimate of drug-likeness (QED) is 0.682. The lowest BCUT2D eigenvalue weighted by Gasteiger charge is -2.21. The Balaban J connectivity index is 2.26. The number of esters is 1. The molecule has 0 aliphatic carbocycles. The predicted molar refractivity (Wildman–Crippen MR) is 61.2 cm³/mol. The summed E-state index contributed by atoms with van der Waals surface area (Å²) in [6.45, 7) is 1.12. The normalized spacial score (nSPS) is 17.4. The first kappa shape index (κ1) is 15.4. The van der Waals surface area contributed by atoms with E-state index in [0.717, 1.165) is 18.2 Å². The maximum atomic E-state index is 13.8. The minimum atomic E-state index is -4.01. The molecule has 0 saturated carbocycles. The maximum absolute atomic E-state index is 13.8. The molecule has 1 aliphatic heterocycles. The molecular formula is C12H11F4NO4. The molecule has 1 aromatic rings. The summed E-state index contributed by atoms with van der Waals surface area (Å²) in [4.78, 5) is 11.2. The van der Waals surface area contributed by atoms with Crippen molar-refractivity contribution >= 4 is 5.97 Å². The molecule has 2 rings (SSSR count). The van der Waals surface area contributed by atoms with Gasteiger partial charge in [0.15, 0.2) is 11.5 Å². The summed E-state index contributed by atoms with van der Waals surface area (Å²) in [6.07, 6.45) is -3.87. The van der Waals surface area contributed by atoms with Gasteiger partial charge < -0.3 is 19.9 Å². The van der Waals surface area contributed by atoms with Crippen molar-refractivity contribution in [1.82, 2.24) is 0 Å². The molecule has 0 radical (unpaired) electrons.